The van der Waals surface area contributed by atoms with Crippen molar-refractivity contribution in [2.45, 2.75) is 40.0 Å². The SMILES string of the molecule is CCCOC(=O)c1ccc(NC(=O)CCC(C)C)cc1. The Labute approximate surface area is 120 Å². The molecule has 0 saturated carbocycles. The summed E-state index contributed by atoms with van der Waals surface area (Å²) in [6.45, 7) is 6.55. The third-order valence-electron chi connectivity index (χ3n) is 2.79. The van der Waals surface area contributed by atoms with Crippen LogP contribution in [0.4, 0.5) is 5.69 Å². The van der Waals surface area contributed by atoms with Crippen molar-refractivity contribution < 1.29 is 14.3 Å². The number of esters is 1. The summed E-state index contributed by atoms with van der Waals surface area (Å²) in [5.41, 5.74) is 1.20. The Kier molecular flexibility index (Phi) is 6.77. The average molecular weight is 277 g/mol. The van der Waals surface area contributed by atoms with Crippen molar-refractivity contribution in [3.8, 4) is 0 Å². The maximum absolute atomic E-state index is 11.7. The molecular weight excluding hydrogens is 254 g/mol. The molecule has 110 valence electrons. The highest BCUT2D eigenvalue weighted by molar-refractivity contribution is 5.93. The Morgan fingerprint density at radius 2 is 1.85 bits per heavy atom. The summed E-state index contributed by atoms with van der Waals surface area (Å²) in [7, 11) is 0. The lowest BCUT2D eigenvalue weighted by molar-refractivity contribution is -0.116. The van der Waals surface area contributed by atoms with Crippen molar-refractivity contribution in [1.29, 1.82) is 0 Å². The van der Waals surface area contributed by atoms with E-state index in [1.165, 1.54) is 0 Å². The van der Waals surface area contributed by atoms with Crippen LogP contribution in [0.2, 0.25) is 0 Å². The molecule has 0 heterocycles. The number of amides is 1. The first-order valence-electron chi connectivity index (χ1n) is 7.10. The molecule has 0 saturated heterocycles. The molecule has 1 amide bonds. The normalized spacial score (nSPS) is 10.4. The van der Waals surface area contributed by atoms with Crippen molar-refractivity contribution in [3.63, 3.8) is 0 Å². The zero-order valence-corrected chi connectivity index (χ0v) is 12.4. The molecule has 0 unspecified atom stereocenters. The Hall–Kier alpha value is -1.84. The van der Waals surface area contributed by atoms with Crippen LogP contribution in [0.25, 0.3) is 0 Å². The Bertz CT molecular complexity index is 438. The van der Waals surface area contributed by atoms with Gasteiger partial charge in [0.1, 0.15) is 0 Å². The van der Waals surface area contributed by atoms with Crippen LogP contribution in [-0.2, 0) is 9.53 Å². The zero-order chi connectivity index (χ0) is 15.0. The van der Waals surface area contributed by atoms with Crippen LogP contribution in [0, 0.1) is 5.92 Å². The van der Waals surface area contributed by atoms with Gasteiger partial charge in [-0.1, -0.05) is 20.8 Å². The molecule has 1 rings (SSSR count). The molecule has 0 spiro atoms. The fraction of sp³-hybridized carbons (Fsp3) is 0.500. The second kappa shape index (κ2) is 8.35. The Balaban J connectivity index is 2.50. The van der Waals surface area contributed by atoms with E-state index in [0.29, 0.717) is 30.2 Å². The van der Waals surface area contributed by atoms with Gasteiger partial charge >= 0.3 is 5.97 Å². The van der Waals surface area contributed by atoms with Gasteiger partial charge in [-0.3, -0.25) is 4.79 Å². The van der Waals surface area contributed by atoms with Gasteiger partial charge in [-0.15, -0.1) is 0 Å². The van der Waals surface area contributed by atoms with Gasteiger partial charge in [-0.05, 0) is 43.0 Å². The van der Waals surface area contributed by atoms with Crippen LogP contribution in [0.15, 0.2) is 24.3 Å². The summed E-state index contributed by atoms with van der Waals surface area (Å²) < 4.78 is 5.04. The highest BCUT2D eigenvalue weighted by Gasteiger charge is 2.08. The van der Waals surface area contributed by atoms with Crippen LogP contribution in [0.5, 0.6) is 0 Å². The first-order chi connectivity index (χ1) is 9.52. The van der Waals surface area contributed by atoms with Crippen LogP contribution in [0.3, 0.4) is 0 Å². The van der Waals surface area contributed by atoms with Crippen molar-refractivity contribution in [1.82, 2.24) is 0 Å². The van der Waals surface area contributed by atoms with Gasteiger partial charge < -0.3 is 10.1 Å². The summed E-state index contributed by atoms with van der Waals surface area (Å²) in [4.78, 5) is 23.3. The molecule has 1 N–H and O–H groups in total. The van der Waals surface area contributed by atoms with Crippen LogP contribution in [0.1, 0.15) is 50.4 Å². The number of anilines is 1. The molecule has 0 aromatic heterocycles. The summed E-state index contributed by atoms with van der Waals surface area (Å²) in [6, 6.07) is 6.76. The van der Waals surface area contributed by atoms with Crippen molar-refractivity contribution in [2.75, 3.05) is 11.9 Å². The molecule has 1 aromatic carbocycles. The molecule has 0 aliphatic heterocycles. The molecule has 0 aliphatic carbocycles. The van der Waals surface area contributed by atoms with E-state index in [2.05, 4.69) is 19.2 Å². The number of ether oxygens (including phenoxy) is 1. The first kappa shape index (κ1) is 16.2. The van der Waals surface area contributed by atoms with E-state index >= 15 is 0 Å². The summed E-state index contributed by atoms with van der Waals surface area (Å²) in [6.07, 6.45) is 2.18. The number of carbonyl (C=O) groups excluding carboxylic acids is 2. The largest absolute Gasteiger partial charge is 0.462 e. The molecule has 0 aliphatic rings. The molecule has 4 nitrogen and oxygen atoms in total. The number of benzene rings is 1. The molecule has 0 atom stereocenters. The van der Waals surface area contributed by atoms with Gasteiger partial charge in [0.25, 0.3) is 0 Å². The van der Waals surface area contributed by atoms with E-state index in [9.17, 15) is 9.59 Å². The molecule has 0 bridgehead atoms. The Morgan fingerprint density at radius 3 is 2.40 bits per heavy atom. The number of nitrogens with one attached hydrogen (secondary N) is 1. The monoisotopic (exact) mass is 277 g/mol. The number of rotatable bonds is 7. The Morgan fingerprint density at radius 1 is 1.20 bits per heavy atom. The number of hydrogen-bond donors (Lipinski definition) is 1. The van der Waals surface area contributed by atoms with E-state index in [1.54, 1.807) is 24.3 Å². The van der Waals surface area contributed by atoms with Crippen molar-refractivity contribution in [3.05, 3.63) is 29.8 Å². The van der Waals surface area contributed by atoms with Gasteiger partial charge in [0.15, 0.2) is 0 Å². The minimum Gasteiger partial charge on any atom is -0.462 e. The maximum Gasteiger partial charge on any atom is 0.338 e. The van der Waals surface area contributed by atoms with E-state index in [1.807, 2.05) is 6.92 Å². The zero-order valence-electron chi connectivity index (χ0n) is 12.4. The molecule has 0 fully saturated rings. The quantitative estimate of drug-likeness (QED) is 0.774. The maximum atomic E-state index is 11.7. The van der Waals surface area contributed by atoms with E-state index in [4.69, 9.17) is 4.74 Å². The highest BCUT2D eigenvalue weighted by atomic mass is 16.5. The summed E-state index contributed by atoms with van der Waals surface area (Å²) >= 11 is 0. The molecule has 0 radical (unpaired) electrons. The van der Waals surface area contributed by atoms with Gasteiger partial charge in [0.05, 0.1) is 12.2 Å². The highest BCUT2D eigenvalue weighted by Crippen LogP contribution is 2.12. The van der Waals surface area contributed by atoms with Gasteiger partial charge in [-0.2, -0.15) is 0 Å². The molecular formula is C16H23NO3. The van der Waals surface area contributed by atoms with Crippen molar-refractivity contribution in [2.24, 2.45) is 5.92 Å². The van der Waals surface area contributed by atoms with Crippen LogP contribution in [-0.4, -0.2) is 18.5 Å². The minimum atomic E-state index is -0.329. The number of hydrogen-bond acceptors (Lipinski definition) is 3. The van der Waals surface area contributed by atoms with Gasteiger partial charge in [0, 0.05) is 12.1 Å². The lowest BCUT2D eigenvalue weighted by Gasteiger charge is -2.08. The lowest BCUT2D eigenvalue weighted by Crippen LogP contribution is -2.12. The lowest BCUT2D eigenvalue weighted by atomic mass is 10.1. The fourth-order valence-electron chi connectivity index (χ4n) is 1.61. The standard InChI is InChI=1S/C16H23NO3/c1-4-11-20-16(19)13-6-8-14(9-7-13)17-15(18)10-5-12(2)3/h6-9,12H,4-5,10-11H2,1-3H3,(H,17,18). The predicted molar refractivity (Wildman–Crippen MR) is 79.7 cm³/mol. The third-order valence-corrected chi connectivity index (χ3v) is 2.79. The first-order valence-corrected chi connectivity index (χ1v) is 7.10. The molecule has 4 heteroatoms. The summed E-state index contributed by atoms with van der Waals surface area (Å²) in [5.74, 6) is 0.181. The van der Waals surface area contributed by atoms with Gasteiger partial charge in [-0.25, -0.2) is 4.79 Å². The second-order valence-corrected chi connectivity index (χ2v) is 5.19. The predicted octanol–water partition coefficient (Wildman–Crippen LogP) is 3.63. The minimum absolute atomic E-state index is 0.00000881. The van der Waals surface area contributed by atoms with Crippen LogP contribution >= 0.6 is 0 Å². The topological polar surface area (TPSA) is 55.4 Å². The molecule has 1 aromatic rings. The second-order valence-electron chi connectivity index (χ2n) is 5.19. The van der Waals surface area contributed by atoms with Crippen molar-refractivity contribution >= 4 is 17.6 Å². The fourth-order valence-corrected chi connectivity index (χ4v) is 1.61. The van der Waals surface area contributed by atoms with E-state index < -0.39 is 0 Å². The smallest absolute Gasteiger partial charge is 0.338 e. The summed E-state index contributed by atoms with van der Waals surface area (Å²) in [5, 5.41) is 2.82. The van der Waals surface area contributed by atoms with Crippen LogP contribution < -0.4 is 5.32 Å². The van der Waals surface area contributed by atoms with E-state index in [0.717, 1.165) is 12.8 Å². The molecule has 20 heavy (non-hydrogen) atoms. The average Bonchev–Trinajstić information content (AvgIpc) is 2.43. The third kappa shape index (κ3) is 5.87. The number of carbonyl (C=O) groups is 2. The van der Waals surface area contributed by atoms with Gasteiger partial charge in [0.2, 0.25) is 5.91 Å². The van der Waals surface area contributed by atoms with E-state index in [-0.39, 0.29) is 11.9 Å².